The Bertz CT molecular complexity index is 1530. The normalized spacial score (nSPS) is 12.1. The Kier molecular flexibility index (Phi) is 11.7. The monoisotopic (exact) mass is 592 g/mol. The van der Waals surface area contributed by atoms with Crippen molar-refractivity contribution < 1.29 is 19.1 Å². The summed E-state index contributed by atoms with van der Waals surface area (Å²) in [6, 6.07) is 29.7. The number of benzene rings is 4. The molecule has 8 heteroatoms. The fourth-order valence-electron chi connectivity index (χ4n) is 4.91. The standard InChI is InChI=1S/C36H40N4O4/c1-3-44-31-18-15-27(16-19-31)22-33(39-34(41)29-12-8-5-9-13-29)36(43)40-32(21-26-10-6-4-7-11-26)35(42)38-24-28-14-17-30(23-37)25(2)20-28/h4-20,32-33H,3,21-24,37H2,1-2H3,(H,38,42)(H,39,41)(H,40,43). The van der Waals surface area contributed by atoms with Crippen molar-refractivity contribution in [1.82, 2.24) is 16.0 Å². The van der Waals surface area contributed by atoms with E-state index in [0.29, 0.717) is 25.3 Å². The summed E-state index contributed by atoms with van der Waals surface area (Å²) in [5.41, 5.74) is 11.0. The smallest absolute Gasteiger partial charge is 0.251 e. The molecule has 0 radical (unpaired) electrons. The van der Waals surface area contributed by atoms with Crippen LogP contribution in [0.4, 0.5) is 0 Å². The fourth-order valence-corrected chi connectivity index (χ4v) is 4.91. The van der Waals surface area contributed by atoms with E-state index in [1.54, 1.807) is 24.3 Å². The zero-order chi connectivity index (χ0) is 31.3. The van der Waals surface area contributed by atoms with Crippen molar-refractivity contribution in [2.24, 2.45) is 5.73 Å². The third-order valence-electron chi connectivity index (χ3n) is 7.34. The van der Waals surface area contributed by atoms with Crippen molar-refractivity contribution >= 4 is 17.7 Å². The minimum atomic E-state index is -0.932. The molecule has 0 aromatic heterocycles. The number of hydrogen-bond acceptors (Lipinski definition) is 5. The zero-order valence-corrected chi connectivity index (χ0v) is 25.2. The highest BCUT2D eigenvalue weighted by molar-refractivity contribution is 5.98. The van der Waals surface area contributed by atoms with Crippen molar-refractivity contribution in [3.63, 3.8) is 0 Å². The molecular weight excluding hydrogens is 552 g/mol. The van der Waals surface area contributed by atoms with Gasteiger partial charge >= 0.3 is 0 Å². The highest BCUT2D eigenvalue weighted by atomic mass is 16.5. The summed E-state index contributed by atoms with van der Waals surface area (Å²) in [6.07, 6.45) is 0.509. The average Bonchev–Trinajstić information content (AvgIpc) is 3.05. The van der Waals surface area contributed by atoms with Gasteiger partial charge in [0.05, 0.1) is 6.61 Å². The topological polar surface area (TPSA) is 123 Å². The molecule has 8 nitrogen and oxygen atoms in total. The number of carbonyl (C=O) groups excluding carboxylic acids is 3. The quantitative estimate of drug-likeness (QED) is 0.175. The third-order valence-corrected chi connectivity index (χ3v) is 7.34. The first-order valence-electron chi connectivity index (χ1n) is 14.8. The van der Waals surface area contributed by atoms with Crippen molar-refractivity contribution in [3.05, 3.63) is 137 Å². The van der Waals surface area contributed by atoms with Gasteiger partial charge in [0.15, 0.2) is 0 Å². The van der Waals surface area contributed by atoms with Crippen LogP contribution in [0.15, 0.2) is 103 Å². The van der Waals surface area contributed by atoms with Crippen LogP contribution in [0.25, 0.3) is 0 Å². The molecule has 5 N–H and O–H groups in total. The van der Waals surface area contributed by atoms with E-state index in [1.807, 2.05) is 92.7 Å². The maximum absolute atomic E-state index is 13.8. The molecular formula is C36H40N4O4. The second-order valence-corrected chi connectivity index (χ2v) is 10.6. The van der Waals surface area contributed by atoms with Crippen LogP contribution in [0.2, 0.25) is 0 Å². The summed E-state index contributed by atoms with van der Waals surface area (Å²) in [7, 11) is 0. The number of hydrogen-bond donors (Lipinski definition) is 4. The SMILES string of the molecule is CCOc1ccc(CC(NC(=O)c2ccccc2)C(=O)NC(Cc2ccccc2)C(=O)NCc2ccc(CN)c(C)c2)cc1. The largest absolute Gasteiger partial charge is 0.494 e. The van der Waals surface area contributed by atoms with E-state index >= 15 is 0 Å². The van der Waals surface area contributed by atoms with Crippen LogP contribution in [0.5, 0.6) is 5.75 Å². The summed E-state index contributed by atoms with van der Waals surface area (Å²) in [6.45, 7) is 5.18. The molecule has 0 fully saturated rings. The number of rotatable bonds is 14. The van der Waals surface area contributed by atoms with E-state index in [1.165, 1.54) is 0 Å². The van der Waals surface area contributed by atoms with Gasteiger partial charge < -0.3 is 26.4 Å². The fraction of sp³-hybridized carbons (Fsp3) is 0.250. The second-order valence-electron chi connectivity index (χ2n) is 10.6. The minimum absolute atomic E-state index is 0.225. The van der Waals surface area contributed by atoms with Crippen LogP contribution in [-0.4, -0.2) is 36.4 Å². The predicted octanol–water partition coefficient (Wildman–Crippen LogP) is 4.24. The molecule has 0 aliphatic rings. The lowest BCUT2D eigenvalue weighted by Gasteiger charge is -2.24. The van der Waals surface area contributed by atoms with Crippen molar-refractivity contribution in [2.75, 3.05) is 6.61 Å². The summed E-state index contributed by atoms with van der Waals surface area (Å²) in [5.74, 6) is -0.436. The van der Waals surface area contributed by atoms with Crippen LogP contribution in [0.3, 0.4) is 0 Å². The predicted molar refractivity (Wildman–Crippen MR) is 172 cm³/mol. The molecule has 0 spiro atoms. The van der Waals surface area contributed by atoms with Crippen LogP contribution < -0.4 is 26.4 Å². The van der Waals surface area contributed by atoms with Crippen molar-refractivity contribution in [1.29, 1.82) is 0 Å². The van der Waals surface area contributed by atoms with Gasteiger partial charge in [-0.2, -0.15) is 0 Å². The number of carbonyl (C=O) groups is 3. The van der Waals surface area contributed by atoms with Gasteiger partial charge in [-0.1, -0.05) is 78.9 Å². The molecule has 0 aliphatic carbocycles. The molecule has 2 unspecified atom stereocenters. The number of aryl methyl sites for hydroxylation is 1. The van der Waals surface area contributed by atoms with Gasteiger partial charge in [0.25, 0.3) is 5.91 Å². The van der Waals surface area contributed by atoms with Gasteiger partial charge in [0, 0.05) is 31.5 Å². The number of ether oxygens (including phenoxy) is 1. The highest BCUT2D eigenvalue weighted by Gasteiger charge is 2.28. The second kappa shape index (κ2) is 16.0. The Balaban J connectivity index is 1.54. The van der Waals surface area contributed by atoms with Gasteiger partial charge in [0.2, 0.25) is 11.8 Å². The lowest BCUT2D eigenvalue weighted by Crippen LogP contribution is -2.55. The van der Waals surface area contributed by atoms with Crippen LogP contribution in [0, 0.1) is 6.92 Å². The summed E-state index contributed by atoms with van der Waals surface area (Å²) < 4.78 is 5.55. The molecule has 0 bridgehead atoms. The van der Waals surface area contributed by atoms with Crippen LogP contribution >= 0.6 is 0 Å². The number of amides is 3. The zero-order valence-electron chi connectivity index (χ0n) is 25.2. The van der Waals surface area contributed by atoms with E-state index in [2.05, 4.69) is 16.0 Å². The third kappa shape index (κ3) is 9.28. The number of nitrogens with one attached hydrogen (secondary N) is 3. The Morgan fingerprint density at radius 2 is 1.32 bits per heavy atom. The molecule has 44 heavy (non-hydrogen) atoms. The first-order valence-corrected chi connectivity index (χ1v) is 14.8. The molecule has 3 amide bonds. The van der Waals surface area contributed by atoms with Crippen molar-refractivity contribution in [2.45, 2.75) is 51.9 Å². The Morgan fingerprint density at radius 3 is 1.93 bits per heavy atom. The average molecular weight is 593 g/mol. The van der Waals surface area contributed by atoms with Gasteiger partial charge in [-0.15, -0.1) is 0 Å². The number of nitrogens with two attached hydrogens (primary N) is 1. The van der Waals surface area contributed by atoms with E-state index in [4.69, 9.17) is 10.5 Å². The van der Waals surface area contributed by atoms with E-state index in [-0.39, 0.29) is 24.7 Å². The minimum Gasteiger partial charge on any atom is -0.494 e. The van der Waals surface area contributed by atoms with Crippen LogP contribution in [0.1, 0.15) is 45.1 Å². The maximum atomic E-state index is 13.8. The molecule has 2 atom stereocenters. The lowest BCUT2D eigenvalue weighted by atomic mass is 10.0. The summed E-state index contributed by atoms with van der Waals surface area (Å²) in [4.78, 5) is 40.5. The molecule has 4 aromatic carbocycles. The molecule has 0 saturated heterocycles. The van der Waals surface area contributed by atoms with Gasteiger partial charge in [-0.25, -0.2) is 0 Å². The van der Waals surface area contributed by atoms with Crippen LogP contribution in [-0.2, 0) is 35.5 Å². The van der Waals surface area contributed by atoms with Gasteiger partial charge in [-0.3, -0.25) is 14.4 Å². The van der Waals surface area contributed by atoms with Crippen molar-refractivity contribution in [3.8, 4) is 5.75 Å². The van der Waals surface area contributed by atoms with E-state index < -0.39 is 18.0 Å². The Hall–Kier alpha value is -4.95. The highest BCUT2D eigenvalue weighted by Crippen LogP contribution is 2.15. The van der Waals surface area contributed by atoms with E-state index in [0.717, 1.165) is 33.6 Å². The first kappa shape index (κ1) is 32.0. The lowest BCUT2D eigenvalue weighted by molar-refractivity contribution is -0.130. The van der Waals surface area contributed by atoms with Gasteiger partial charge in [0.1, 0.15) is 17.8 Å². The maximum Gasteiger partial charge on any atom is 0.251 e. The molecule has 4 aromatic rings. The molecule has 4 rings (SSSR count). The Morgan fingerprint density at radius 1 is 0.727 bits per heavy atom. The van der Waals surface area contributed by atoms with Gasteiger partial charge in [-0.05, 0) is 65.9 Å². The van der Waals surface area contributed by atoms with E-state index in [9.17, 15) is 14.4 Å². The summed E-state index contributed by atoms with van der Waals surface area (Å²) in [5, 5.41) is 8.79. The molecule has 228 valence electrons. The molecule has 0 aliphatic heterocycles. The Labute approximate surface area is 259 Å². The molecule has 0 saturated carbocycles. The first-order chi connectivity index (χ1) is 21.4. The summed E-state index contributed by atoms with van der Waals surface area (Å²) >= 11 is 0. The molecule has 0 heterocycles.